The van der Waals surface area contributed by atoms with Crippen molar-refractivity contribution in [3.8, 4) is 21.7 Å². The minimum atomic E-state index is 0.00761. The van der Waals surface area contributed by atoms with Crippen LogP contribution in [-0.2, 0) is 0 Å². The summed E-state index contributed by atoms with van der Waals surface area (Å²) in [7, 11) is 0. The Morgan fingerprint density at radius 1 is 1.11 bits per heavy atom. The van der Waals surface area contributed by atoms with Crippen LogP contribution in [0.25, 0.3) is 27.3 Å². The Balaban J connectivity index is 0.000000967. The average Bonchev–Trinajstić information content (AvgIpc) is 3.53. The van der Waals surface area contributed by atoms with Gasteiger partial charge in [0.15, 0.2) is 0 Å². The fourth-order valence-corrected chi connectivity index (χ4v) is 5.73. The molecule has 190 valence electrons. The van der Waals surface area contributed by atoms with Crippen LogP contribution in [0.2, 0.25) is 0 Å². The highest BCUT2D eigenvalue weighted by atomic mass is 32.1. The summed E-state index contributed by atoms with van der Waals surface area (Å²) in [4.78, 5) is 25.9. The summed E-state index contributed by atoms with van der Waals surface area (Å²) < 4.78 is 2.06. The van der Waals surface area contributed by atoms with E-state index in [0.29, 0.717) is 18.7 Å². The SMILES string of the molecule is CCC.Cc1nc(C)c(-c2ccccc2-c2nc3cc(C(=O)N4CCC(C)(CN)C4)ccn3c2C)s1. The molecule has 1 unspecified atom stereocenters. The zero-order valence-electron chi connectivity index (χ0n) is 22.3. The van der Waals surface area contributed by atoms with E-state index in [1.165, 1.54) is 11.3 Å². The topological polar surface area (TPSA) is 76.5 Å². The second-order valence-electron chi connectivity index (χ2n) is 10.1. The summed E-state index contributed by atoms with van der Waals surface area (Å²) in [5.74, 6) is 0.0491. The molecule has 1 aromatic carbocycles. The molecule has 4 aromatic rings. The van der Waals surface area contributed by atoms with E-state index in [9.17, 15) is 4.79 Å². The molecule has 36 heavy (non-hydrogen) atoms. The Hall–Kier alpha value is -3.03. The highest BCUT2D eigenvalue weighted by Gasteiger charge is 2.35. The number of aromatic nitrogens is 3. The number of amides is 1. The van der Waals surface area contributed by atoms with Gasteiger partial charge in [-0.2, -0.15) is 0 Å². The smallest absolute Gasteiger partial charge is 0.254 e. The van der Waals surface area contributed by atoms with E-state index >= 15 is 0 Å². The lowest BCUT2D eigenvalue weighted by molar-refractivity contribution is 0.0777. The molecule has 4 heterocycles. The highest BCUT2D eigenvalue weighted by molar-refractivity contribution is 7.15. The lowest BCUT2D eigenvalue weighted by atomic mass is 9.90. The number of hydrogen-bond donors (Lipinski definition) is 1. The maximum atomic E-state index is 13.2. The van der Waals surface area contributed by atoms with Crippen LogP contribution in [0.4, 0.5) is 0 Å². The Bertz CT molecular complexity index is 1390. The molecule has 1 aliphatic rings. The summed E-state index contributed by atoms with van der Waals surface area (Å²) in [6, 6.07) is 12.1. The Morgan fingerprint density at radius 3 is 2.42 bits per heavy atom. The quantitative estimate of drug-likeness (QED) is 0.356. The minimum Gasteiger partial charge on any atom is -0.338 e. The number of benzene rings is 1. The number of likely N-dealkylation sites (tertiary alicyclic amines) is 1. The molecule has 0 saturated carbocycles. The van der Waals surface area contributed by atoms with E-state index in [0.717, 1.165) is 51.8 Å². The highest BCUT2D eigenvalue weighted by Crippen LogP contribution is 2.38. The molecule has 3 aromatic heterocycles. The van der Waals surface area contributed by atoms with Gasteiger partial charge in [-0.05, 0) is 51.3 Å². The van der Waals surface area contributed by atoms with Crippen LogP contribution in [0.1, 0.15) is 60.4 Å². The van der Waals surface area contributed by atoms with Crippen molar-refractivity contribution >= 4 is 22.9 Å². The summed E-state index contributed by atoms with van der Waals surface area (Å²) in [6.45, 7) is 14.6. The van der Waals surface area contributed by atoms with Crippen molar-refractivity contribution < 1.29 is 4.79 Å². The van der Waals surface area contributed by atoms with Gasteiger partial charge in [0, 0.05) is 41.7 Å². The maximum Gasteiger partial charge on any atom is 0.254 e. The minimum absolute atomic E-state index is 0.00761. The molecular weight excluding hydrogens is 466 g/mol. The molecule has 2 N–H and O–H groups in total. The first-order valence-corrected chi connectivity index (χ1v) is 13.5. The van der Waals surface area contributed by atoms with Gasteiger partial charge >= 0.3 is 0 Å². The largest absolute Gasteiger partial charge is 0.338 e. The summed E-state index contributed by atoms with van der Waals surface area (Å²) in [5, 5.41) is 1.06. The number of thiazole rings is 1. The standard InChI is InChI=1S/C26H29N5OS.C3H8/c1-16-24(33-18(3)28-16)21-8-6-5-7-20(21)23-17(2)31-11-9-19(13-22(31)29-23)25(32)30-12-10-26(4,14-27)15-30;1-3-2/h5-9,11,13H,10,12,14-15,27H2,1-4H3;3H2,1-2H3. The molecule has 0 aliphatic carbocycles. The third kappa shape index (κ3) is 4.95. The van der Waals surface area contributed by atoms with Crippen molar-refractivity contribution in [3.63, 3.8) is 0 Å². The van der Waals surface area contributed by atoms with Crippen LogP contribution in [0.5, 0.6) is 0 Å². The Kier molecular flexibility index (Phi) is 7.62. The molecular formula is C29H37N5OS. The molecule has 1 fully saturated rings. The first-order chi connectivity index (χ1) is 17.2. The van der Waals surface area contributed by atoms with E-state index in [2.05, 4.69) is 62.2 Å². The van der Waals surface area contributed by atoms with Gasteiger partial charge < -0.3 is 15.0 Å². The van der Waals surface area contributed by atoms with Crippen LogP contribution in [0.15, 0.2) is 42.6 Å². The predicted molar refractivity (Wildman–Crippen MR) is 150 cm³/mol. The van der Waals surface area contributed by atoms with Crippen molar-refractivity contribution in [1.29, 1.82) is 0 Å². The number of carbonyl (C=O) groups excluding carboxylic acids is 1. The zero-order chi connectivity index (χ0) is 26.0. The number of hydrogen-bond acceptors (Lipinski definition) is 5. The molecule has 0 spiro atoms. The fourth-order valence-electron chi connectivity index (χ4n) is 4.77. The number of nitrogens with zero attached hydrogens (tertiary/aromatic N) is 4. The lowest BCUT2D eigenvalue weighted by Gasteiger charge is -2.22. The number of rotatable bonds is 4. The van der Waals surface area contributed by atoms with Crippen molar-refractivity contribution in [1.82, 2.24) is 19.3 Å². The van der Waals surface area contributed by atoms with E-state index in [4.69, 9.17) is 10.7 Å². The molecule has 1 atom stereocenters. The third-order valence-corrected chi connectivity index (χ3v) is 7.89. The lowest BCUT2D eigenvalue weighted by Crippen LogP contribution is -2.34. The van der Waals surface area contributed by atoms with Gasteiger partial charge in [-0.15, -0.1) is 11.3 Å². The number of fused-ring (bicyclic) bond motifs is 1. The Labute approximate surface area is 218 Å². The van der Waals surface area contributed by atoms with E-state index in [-0.39, 0.29) is 11.3 Å². The first kappa shape index (κ1) is 26.0. The molecule has 1 amide bonds. The predicted octanol–water partition coefficient (Wildman–Crippen LogP) is 6.28. The van der Waals surface area contributed by atoms with E-state index in [1.807, 2.05) is 36.2 Å². The number of imidazole rings is 1. The van der Waals surface area contributed by atoms with Gasteiger partial charge in [-0.3, -0.25) is 4.79 Å². The molecule has 6 nitrogen and oxygen atoms in total. The normalized spacial score (nSPS) is 17.4. The van der Waals surface area contributed by atoms with Gasteiger partial charge in [0.05, 0.1) is 21.3 Å². The Morgan fingerprint density at radius 2 is 1.81 bits per heavy atom. The fraction of sp³-hybridized carbons (Fsp3) is 0.414. The number of aryl methyl sites for hydroxylation is 3. The van der Waals surface area contributed by atoms with Crippen molar-refractivity contribution in [2.45, 2.75) is 54.4 Å². The van der Waals surface area contributed by atoms with Crippen molar-refractivity contribution in [3.05, 3.63) is 64.6 Å². The zero-order valence-corrected chi connectivity index (χ0v) is 23.1. The summed E-state index contributed by atoms with van der Waals surface area (Å²) in [5.41, 5.74) is 12.6. The third-order valence-electron chi connectivity index (χ3n) is 6.78. The number of nitrogens with two attached hydrogens (primary N) is 1. The van der Waals surface area contributed by atoms with Gasteiger partial charge in [0.25, 0.3) is 5.91 Å². The molecule has 0 bridgehead atoms. The molecule has 7 heteroatoms. The van der Waals surface area contributed by atoms with Crippen molar-refractivity contribution in [2.75, 3.05) is 19.6 Å². The van der Waals surface area contributed by atoms with Gasteiger partial charge in [-0.25, -0.2) is 9.97 Å². The maximum absolute atomic E-state index is 13.2. The van der Waals surface area contributed by atoms with Crippen LogP contribution in [-0.4, -0.2) is 44.8 Å². The number of pyridine rings is 1. The van der Waals surface area contributed by atoms with Crippen LogP contribution < -0.4 is 5.73 Å². The van der Waals surface area contributed by atoms with Crippen LogP contribution in [0.3, 0.4) is 0 Å². The van der Waals surface area contributed by atoms with E-state index in [1.54, 1.807) is 11.3 Å². The van der Waals surface area contributed by atoms with Crippen LogP contribution >= 0.6 is 11.3 Å². The second-order valence-corrected chi connectivity index (χ2v) is 11.3. The van der Waals surface area contributed by atoms with Gasteiger partial charge in [-0.1, -0.05) is 51.5 Å². The molecule has 5 rings (SSSR count). The number of carbonyl (C=O) groups is 1. The molecule has 0 radical (unpaired) electrons. The van der Waals surface area contributed by atoms with Gasteiger partial charge in [0.2, 0.25) is 0 Å². The first-order valence-electron chi connectivity index (χ1n) is 12.7. The second kappa shape index (κ2) is 10.5. The van der Waals surface area contributed by atoms with Crippen molar-refractivity contribution in [2.24, 2.45) is 11.1 Å². The molecule has 1 aliphatic heterocycles. The van der Waals surface area contributed by atoms with Crippen LogP contribution in [0, 0.1) is 26.2 Å². The van der Waals surface area contributed by atoms with E-state index < -0.39 is 0 Å². The molecule has 1 saturated heterocycles. The van der Waals surface area contributed by atoms with Gasteiger partial charge in [0.1, 0.15) is 5.65 Å². The summed E-state index contributed by atoms with van der Waals surface area (Å²) >= 11 is 1.71. The average molecular weight is 504 g/mol. The summed E-state index contributed by atoms with van der Waals surface area (Å²) in [6.07, 6.45) is 4.15. The monoisotopic (exact) mass is 503 g/mol.